The van der Waals surface area contributed by atoms with E-state index in [0.717, 1.165) is 33.0 Å². The zero-order valence-electron chi connectivity index (χ0n) is 17.5. The van der Waals surface area contributed by atoms with E-state index in [2.05, 4.69) is 35.6 Å². The molecule has 1 saturated carbocycles. The molecule has 2 fully saturated rings. The van der Waals surface area contributed by atoms with Gasteiger partial charge in [-0.3, -0.25) is 4.79 Å². The molecule has 158 valence electrons. The normalized spacial score (nSPS) is 24.2. The minimum atomic E-state index is -0.0459. The first-order valence-corrected chi connectivity index (χ1v) is 11.0. The number of amides is 1. The zero-order valence-corrected chi connectivity index (χ0v) is 18.3. The second-order valence-electron chi connectivity index (χ2n) is 8.03. The van der Waals surface area contributed by atoms with Crippen LogP contribution in [0, 0.1) is 5.92 Å². The first kappa shape index (κ1) is 20.7. The Hall–Kier alpha value is -2.58. The standard InChI is InChI=1S/C22H26N4O3S/c1-5-6-15-16(9-14-10-18(28)26(7-8-27)19(14)15)13(4)20-24-21(29-25-20)17-11-23-22(30-17)12(2)3/h5-6,11-12,14,19,27H,1,7-10H2,2-4H3/b15-6+,16-13+. The highest BCUT2D eigenvalue weighted by Crippen LogP contribution is 2.47. The van der Waals surface area contributed by atoms with Crippen LogP contribution in [0.2, 0.25) is 0 Å². The molecule has 0 bridgehead atoms. The van der Waals surface area contributed by atoms with Crippen molar-refractivity contribution in [3.8, 4) is 10.8 Å². The maximum absolute atomic E-state index is 12.4. The van der Waals surface area contributed by atoms with E-state index in [1.807, 2.05) is 13.0 Å². The van der Waals surface area contributed by atoms with Crippen LogP contribution in [-0.2, 0) is 4.79 Å². The van der Waals surface area contributed by atoms with Crippen LogP contribution in [0.5, 0.6) is 0 Å². The monoisotopic (exact) mass is 426 g/mol. The van der Waals surface area contributed by atoms with Crippen molar-refractivity contribution in [1.82, 2.24) is 20.0 Å². The van der Waals surface area contributed by atoms with Crippen LogP contribution in [0.25, 0.3) is 16.3 Å². The van der Waals surface area contributed by atoms with Crippen LogP contribution in [0.15, 0.2) is 40.6 Å². The molecule has 4 rings (SSSR count). The van der Waals surface area contributed by atoms with Gasteiger partial charge in [-0.25, -0.2) is 4.98 Å². The predicted octanol–water partition coefficient (Wildman–Crippen LogP) is 3.82. The number of aliphatic hydroxyl groups excluding tert-OH is 1. The van der Waals surface area contributed by atoms with Crippen LogP contribution < -0.4 is 0 Å². The van der Waals surface area contributed by atoms with Crippen LogP contribution >= 0.6 is 11.3 Å². The van der Waals surface area contributed by atoms with E-state index in [0.29, 0.717) is 30.6 Å². The number of allylic oxidation sites excluding steroid dienone is 3. The Morgan fingerprint density at radius 1 is 1.47 bits per heavy atom. The van der Waals surface area contributed by atoms with Gasteiger partial charge in [0.1, 0.15) is 4.88 Å². The van der Waals surface area contributed by atoms with Crippen LogP contribution in [0.4, 0.5) is 0 Å². The zero-order chi connectivity index (χ0) is 21.4. The average Bonchev–Trinajstić information content (AvgIpc) is 3.47. The quantitative estimate of drug-likeness (QED) is 0.755. The number of β-amino-alcohol motifs (C(OH)–C–C–N with tert-alkyl or cyclic N) is 1. The number of carbonyl (C=O) groups is 1. The third-order valence-corrected chi connectivity index (χ3v) is 7.04. The molecule has 2 unspecified atom stereocenters. The Balaban J connectivity index is 1.67. The lowest BCUT2D eigenvalue weighted by Gasteiger charge is -2.25. The summed E-state index contributed by atoms with van der Waals surface area (Å²) in [5.41, 5.74) is 3.12. The summed E-state index contributed by atoms with van der Waals surface area (Å²) in [4.78, 5) is 24.1. The topological polar surface area (TPSA) is 92.3 Å². The van der Waals surface area contributed by atoms with Crippen molar-refractivity contribution in [2.75, 3.05) is 13.2 Å². The largest absolute Gasteiger partial charge is 0.395 e. The van der Waals surface area contributed by atoms with E-state index in [1.54, 1.807) is 28.5 Å². The van der Waals surface area contributed by atoms with Gasteiger partial charge in [-0.1, -0.05) is 37.7 Å². The van der Waals surface area contributed by atoms with Gasteiger partial charge in [0.25, 0.3) is 5.89 Å². The van der Waals surface area contributed by atoms with Gasteiger partial charge >= 0.3 is 0 Å². The third kappa shape index (κ3) is 3.54. The highest BCUT2D eigenvalue weighted by atomic mass is 32.1. The van der Waals surface area contributed by atoms with Gasteiger partial charge < -0.3 is 14.5 Å². The number of likely N-dealkylation sites (tertiary alicyclic amines) is 1. The van der Waals surface area contributed by atoms with Crippen LogP contribution in [0.3, 0.4) is 0 Å². The molecule has 1 saturated heterocycles. The van der Waals surface area contributed by atoms with Crippen molar-refractivity contribution in [3.05, 3.63) is 46.9 Å². The van der Waals surface area contributed by atoms with Gasteiger partial charge in [0, 0.05) is 24.5 Å². The summed E-state index contributed by atoms with van der Waals surface area (Å²) in [5, 5.41) is 14.6. The molecule has 2 aromatic heterocycles. The average molecular weight is 427 g/mol. The second-order valence-corrected chi connectivity index (χ2v) is 9.09. The minimum Gasteiger partial charge on any atom is -0.395 e. The molecule has 0 aromatic carbocycles. The molecular formula is C22H26N4O3S. The molecule has 30 heavy (non-hydrogen) atoms. The fourth-order valence-corrected chi connectivity index (χ4v) is 5.20. The number of aromatic nitrogens is 3. The Bertz CT molecular complexity index is 1030. The lowest BCUT2D eigenvalue weighted by molar-refractivity contribution is -0.129. The van der Waals surface area contributed by atoms with Crippen molar-refractivity contribution < 1.29 is 14.4 Å². The Labute approximate surface area is 179 Å². The van der Waals surface area contributed by atoms with Crippen molar-refractivity contribution in [1.29, 1.82) is 0 Å². The summed E-state index contributed by atoms with van der Waals surface area (Å²) in [6.45, 7) is 10.3. The Kier molecular flexibility index (Phi) is 5.71. The van der Waals surface area contributed by atoms with Gasteiger partial charge in [0.15, 0.2) is 5.82 Å². The summed E-state index contributed by atoms with van der Waals surface area (Å²) in [6, 6.07) is -0.0333. The molecule has 3 heterocycles. The van der Waals surface area contributed by atoms with Crippen molar-refractivity contribution in [2.24, 2.45) is 5.92 Å². The molecule has 1 N–H and O–H groups in total. The van der Waals surface area contributed by atoms with E-state index >= 15 is 0 Å². The highest BCUT2D eigenvalue weighted by Gasteiger charge is 2.47. The molecule has 2 atom stereocenters. The number of hydrogen-bond donors (Lipinski definition) is 1. The fourth-order valence-electron chi connectivity index (χ4n) is 4.36. The fraction of sp³-hybridized carbons (Fsp3) is 0.455. The molecule has 7 nitrogen and oxygen atoms in total. The predicted molar refractivity (Wildman–Crippen MR) is 116 cm³/mol. The molecule has 8 heteroatoms. The molecule has 1 amide bonds. The number of aliphatic hydroxyl groups is 1. The number of fused-ring (bicyclic) bond motifs is 1. The SMILES string of the molecule is C=C/C=C1\C(=C(/C)c2noc(-c3cnc(C(C)C)s3)n2)CC2CC(=O)N(CCO)C12. The summed E-state index contributed by atoms with van der Waals surface area (Å²) in [6.07, 6.45) is 6.75. The molecular weight excluding hydrogens is 400 g/mol. The van der Waals surface area contributed by atoms with E-state index in [-0.39, 0.29) is 24.5 Å². The molecule has 0 radical (unpaired) electrons. The molecule has 2 aromatic rings. The van der Waals surface area contributed by atoms with Gasteiger partial charge in [0.05, 0.1) is 23.9 Å². The van der Waals surface area contributed by atoms with Crippen LogP contribution in [0.1, 0.15) is 50.4 Å². The van der Waals surface area contributed by atoms with Gasteiger partial charge in [-0.05, 0) is 30.4 Å². The number of thiazole rings is 1. The number of nitrogens with zero attached hydrogens (tertiary/aromatic N) is 4. The lowest BCUT2D eigenvalue weighted by Crippen LogP contribution is -2.36. The van der Waals surface area contributed by atoms with Gasteiger partial charge in [0.2, 0.25) is 5.91 Å². The van der Waals surface area contributed by atoms with Crippen molar-refractivity contribution >= 4 is 22.8 Å². The molecule has 1 aliphatic carbocycles. The smallest absolute Gasteiger partial charge is 0.269 e. The van der Waals surface area contributed by atoms with Crippen LogP contribution in [-0.4, -0.2) is 50.2 Å². The lowest BCUT2D eigenvalue weighted by atomic mass is 10.0. The van der Waals surface area contributed by atoms with Crippen molar-refractivity contribution in [3.63, 3.8) is 0 Å². The maximum atomic E-state index is 12.4. The van der Waals surface area contributed by atoms with E-state index in [1.165, 1.54) is 0 Å². The molecule has 2 aliphatic rings. The van der Waals surface area contributed by atoms with E-state index < -0.39 is 0 Å². The first-order chi connectivity index (χ1) is 14.4. The van der Waals surface area contributed by atoms with E-state index in [9.17, 15) is 9.90 Å². The summed E-state index contributed by atoms with van der Waals surface area (Å²) in [7, 11) is 0. The van der Waals surface area contributed by atoms with Gasteiger partial charge in [-0.15, -0.1) is 11.3 Å². The molecule has 1 aliphatic heterocycles. The maximum Gasteiger partial charge on any atom is 0.269 e. The summed E-state index contributed by atoms with van der Waals surface area (Å²) in [5.74, 6) is 1.66. The highest BCUT2D eigenvalue weighted by molar-refractivity contribution is 7.15. The first-order valence-electron chi connectivity index (χ1n) is 10.2. The van der Waals surface area contributed by atoms with E-state index in [4.69, 9.17) is 4.52 Å². The molecule has 0 spiro atoms. The van der Waals surface area contributed by atoms with Gasteiger partial charge in [-0.2, -0.15) is 4.98 Å². The number of carbonyl (C=O) groups excluding carboxylic acids is 1. The number of hydrogen-bond acceptors (Lipinski definition) is 7. The third-order valence-electron chi connectivity index (χ3n) is 5.75. The van der Waals surface area contributed by atoms with Crippen molar-refractivity contribution in [2.45, 2.75) is 45.6 Å². The summed E-state index contributed by atoms with van der Waals surface area (Å²) >= 11 is 1.56. The Morgan fingerprint density at radius 3 is 2.93 bits per heavy atom. The summed E-state index contributed by atoms with van der Waals surface area (Å²) < 4.78 is 5.53. The minimum absolute atomic E-state index is 0.0333. The Morgan fingerprint density at radius 2 is 2.27 bits per heavy atom. The second kappa shape index (κ2) is 8.28. The number of rotatable bonds is 6.